The van der Waals surface area contributed by atoms with Gasteiger partial charge < -0.3 is 14.4 Å². The fourth-order valence-electron chi connectivity index (χ4n) is 3.75. The van der Waals surface area contributed by atoms with Gasteiger partial charge in [-0.05, 0) is 61.7 Å². The third kappa shape index (κ3) is 6.19. The molecule has 8 heteroatoms. The van der Waals surface area contributed by atoms with E-state index in [0.717, 1.165) is 28.6 Å². The number of sulfonamides is 1. The molecule has 180 valence electrons. The number of nitrogens with one attached hydrogen (secondary N) is 1. The van der Waals surface area contributed by atoms with Gasteiger partial charge >= 0.3 is 5.97 Å². The average molecular weight is 483 g/mol. The predicted molar refractivity (Wildman–Crippen MR) is 132 cm³/mol. The van der Waals surface area contributed by atoms with Crippen molar-refractivity contribution >= 4 is 26.9 Å². The largest absolute Gasteiger partial charge is 0.481 e. The Kier molecular flexibility index (Phi) is 8.02. The van der Waals surface area contributed by atoms with Crippen LogP contribution in [0, 0.1) is 24.7 Å². The number of rotatable bonds is 10. The van der Waals surface area contributed by atoms with Crippen LogP contribution in [0.4, 0.5) is 0 Å². The molecule has 7 nitrogen and oxygen atoms in total. The van der Waals surface area contributed by atoms with E-state index in [1.165, 1.54) is 24.3 Å². The number of carboxylic acids is 1. The maximum absolute atomic E-state index is 12.9. The molecule has 0 unspecified atom stereocenters. The molecule has 3 aromatic rings. The standard InChI is InChI=1S/C26H30N2O5S/c1-5-6-13-33-21-8-10-22(11-9-21)34(31,32)27-24(26(29)30)15-20-17-28(16-18(2)3)25-12-7-19(4)14-23(20)25/h7-12,14,17-18,24,27H,13,15-16H2,1-4H3,(H,29,30)/t24-/m0/s1. The highest BCUT2D eigenvalue weighted by molar-refractivity contribution is 7.89. The molecule has 0 saturated carbocycles. The average Bonchev–Trinajstić information content (AvgIpc) is 3.09. The lowest BCUT2D eigenvalue weighted by atomic mass is 10.0. The van der Waals surface area contributed by atoms with Gasteiger partial charge in [-0.15, -0.1) is 5.92 Å². The lowest BCUT2D eigenvalue weighted by Crippen LogP contribution is -2.42. The minimum Gasteiger partial charge on any atom is -0.481 e. The van der Waals surface area contributed by atoms with Crippen molar-refractivity contribution in [2.45, 2.75) is 51.6 Å². The van der Waals surface area contributed by atoms with Crippen LogP contribution in [-0.4, -0.2) is 36.7 Å². The summed E-state index contributed by atoms with van der Waals surface area (Å²) in [6.07, 6.45) is 1.95. The van der Waals surface area contributed by atoms with Crippen LogP contribution in [0.5, 0.6) is 5.75 Å². The number of benzene rings is 2. The molecule has 0 spiro atoms. The predicted octanol–water partition coefficient (Wildman–Crippen LogP) is 3.98. The first-order valence-electron chi connectivity index (χ1n) is 11.1. The quantitative estimate of drug-likeness (QED) is 0.426. The van der Waals surface area contributed by atoms with Crippen LogP contribution in [0.3, 0.4) is 0 Å². The minimum atomic E-state index is -4.06. The number of fused-ring (bicyclic) bond motifs is 1. The van der Waals surface area contributed by atoms with E-state index in [0.29, 0.717) is 11.7 Å². The molecule has 0 radical (unpaired) electrons. The van der Waals surface area contributed by atoms with Gasteiger partial charge in [-0.2, -0.15) is 4.72 Å². The topological polar surface area (TPSA) is 97.6 Å². The van der Waals surface area contributed by atoms with Gasteiger partial charge in [-0.3, -0.25) is 4.79 Å². The van der Waals surface area contributed by atoms with Gasteiger partial charge in [-0.1, -0.05) is 31.4 Å². The number of hydrogen-bond acceptors (Lipinski definition) is 4. The minimum absolute atomic E-state index is 0.0243. The first kappa shape index (κ1) is 25.3. The number of aromatic nitrogens is 1. The number of hydrogen-bond donors (Lipinski definition) is 2. The summed E-state index contributed by atoms with van der Waals surface area (Å²) in [5.74, 6) is 5.12. The molecule has 1 atom stereocenters. The molecule has 34 heavy (non-hydrogen) atoms. The van der Waals surface area contributed by atoms with Crippen LogP contribution in [0.2, 0.25) is 0 Å². The Labute approximate surface area is 200 Å². The second kappa shape index (κ2) is 10.8. The summed E-state index contributed by atoms with van der Waals surface area (Å²) >= 11 is 0. The van der Waals surface area contributed by atoms with E-state index < -0.39 is 22.0 Å². The molecular weight excluding hydrogens is 452 g/mol. The number of aliphatic carboxylic acids is 1. The Morgan fingerprint density at radius 1 is 1.18 bits per heavy atom. The molecule has 1 heterocycles. The number of aryl methyl sites for hydroxylation is 1. The fraction of sp³-hybridized carbons (Fsp3) is 0.346. The molecule has 3 rings (SSSR count). The van der Waals surface area contributed by atoms with Crippen LogP contribution in [-0.2, 0) is 27.8 Å². The Morgan fingerprint density at radius 3 is 2.50 bits per heavy atom. The van der Waals surface area contributed by atoms with E-state index in [2.05, 4.69) is 35.0 Å². The Morgan fingerprint density at radius 2 is 1.88 bits per heavy atom. The van der Waals surface area contributed by atoms with Gasteiger partial charge in [0.1, 0.15) is 18.4 Å². The van der Waals surface area contributed by atoms with Gasteiger partial charge in [0.2, 0.25) is 10.0 Å². The summed E-state index contributed by atoms with van der Waals surface area (Å²) in [5.41, 5.74) is 2.84. The smallest absolute Gasteiger partial charge is 0.322 e. The lowest BCUT2D eigenvalue weighted by Gasteiger charge is -2.15. The normalized spacial score (nSPS) is 12.4. The summed E-state index contributed by atoms with van der Waals surface area (Å²) in [5, 5.41) is 10.8. The van der Waals surface area contributed by atoms with Crippen molar-refractivity contribution in [3.8, 4) is 17.6 Å². The molecule has 0 fully saturated rings. The molecular formula is C26H30N2O5S. The van der Waals surface area contributed by atoms with Gasteiger partial charge in [0, 0.05) is 30.1 Å². The Bertz CT molecular complexity index is 1330. The van der Waals surface area contributed by atoms with Crippen LogP contribution in [0.1, 0.15) is 31.9 Å². The molecule has 0 aliphatic rings. The SMILES string of the molecule is CC#CCOc1ccc(S(=O)(=O)N[C@@H](Cc2cn(CC(C)C)c3ccc(C)cc23)C(=O)O)cc1. The van der Waals surface area contributed by atoms with E-state index in [1.54, 1.807) is 6.92 Å². The third-order valence-corrected chi connectivity index (χ3v) is 6.81. The van der Waals surface area contributed by atoms with Crippen molar-refractivity contribution in [2.75, 3.05) is 6.61 Å². The van der Waals surface area contributed by atoms with E-state index >= 15 is 0 Å². The second-order valence-electron chi connectivity index (χ2n) is 8.62. The highest BCUT2D eigenvalue weighted by atomic mass is 32.2. The number of ether oxygens (including phenoxy) is 1. The molecule has 1 aromatic heterocycles. The zero-order chi connectivity index (χ0) is 24.9. The zero-order valence-electron chi connectivity index (χ0n) is 19.8. The number of carbonyl (C=O) groups is 1. The maximum atomic E-state index is 12.9. The number of nitrogens with zero attached hydrogens (tertiary/aromatic N) is 1. The molecule has 0 bridgehead atoms. The van der Waals surface area contributed by atoms with Crippen LogP contribution in [0.25, 0.3) is 10.9 Å². The Balaban J connectivity index is 1.85. The van der Waals surface area contributed by atoms with Crippen LogP contribution >= 0.6 is 0 Å². The molecule has 2 aromatic carbocycles. The van der Waals surface area contributed by atoms with Crippen molar-refractivity contribution < 1.29 is 23.1 Å². The van der Waals surface area contributed by atoms with Crippen molar-refractivity contribution in [2.24, 2.45) is 5.92 Å². The van der Waals surface area contributed by atoms with Crippen molar-refractivity contribution in [1.82, 2.24) is 9.29 Å². The third-order valence-electron chi connectivity index (χ3n) is 5.32. The van der Waals surface area contributed by atoms with Crippen LogP contribution < -0.4 is 9.46 Å². The molecule has 0 saturated heterocycles. The van der Waals surface area contributed by atoms with Crippen molar-refractivity contribution in [3.05, 3.63) is 59.8 Å². The fourth-order valence-corrected chi connectivity index (χ4v) is 4.94. The van der Waals surface area contributed by atoms with Gasteiger partial charge in [0.25, 0.3) is 0 Å². The highest BCUT2D eigenvalue weighted by Gasteiger charge is 2.27. The number of carboxylic acid groups (broad SMARTS) is 1. The summed E-state index contributed by atoms with van der Waals surface area (Å²) < 4.78 is 35.7. The first-order chi connectivity index (χ1) is 16.1. The monoisotopic (exact) mass is 482 g/mol. The van der Waals surface area contributed by atoms with Crippen LogP contribution in [0.15, 0.2) is 53.6 Å². The van der Waals surface area contributed by atoms with Crippen molar-refractivity contribution in [1.29, 1.82) is 0 Å². The summed E-state index contributed by atoms with van der Waals surface area (Å²) in [6.45, 7) is 8.88. The lowest BCUT2D eigenvalue weighted by molar-refractivity contribution is -0.138. The zero-order valence-corrected chi connectivity index (χ0v) is 20.6. The first-order valence-corrected chi connectivity index (χ1v) is 12.5. The van der Waals surface area contributed by atoms with Crippen molar-refractivity contribution in [3.63, 3.8) is 0 Å². The molecule has 0 aliphatic heterocycles. The van der Waals surface area contributed by atoms with Gasteiger partial charge in [0.15, 0.2) is 0 Å². The summed E-state index contributed by atoms with van der Waals surface area (Å²) in [4.78, 5) is 12.0. The van der Waals surface area contributed by atoms with Gasteiger partial charge in [-0.25, -0.2) is 8.42 Å². The second-order valence-corrected chi connectivity index (χ2v) is 10.3. The summed E-state index contributed by atoms with van der Waals surface area (Å²) in [6, 6.07) is 10.5. The van der Waals surface area contributed by atoms with E-state index in [1.807, 2.05) is 31.3 Å². The summed E-state index contributed by atoms with van der Waals surface area (Å²) in [7, 11) is -4.06. The molecule has 0 amide bonds. The van der Waals surface area contributed by atoms with E-state index in [-0.39, 0.29) is 17.9 Å². The highest BCUT2D eigenvalue weighted by Crippen LogP contribution is 2.26. The van der Waals surface area contributed by atoms with E-state index in [9.17, 15) is 18.3 Å². The molecule has 0 aliphatic carbocycles. The molecule has 2 N–H and O–H groups in total. The van der Waals surface area contributed by atoms with E-state index in [4.69, 9.17) is 4.74 Å². The van der Waals surface area contributed by atoms with Gasteiger partial charge in [0.05, 0.1) is 4.90 Å². The maximum Gasteiger partial charge on any atom is 0.322 e. The Hall–Kier alpha value is -3.28.